The van der Waals surface area contributed by atoms with Gasteiger partial charge in [0.05, 0.1) is 0 Å². The molecule has 0 bridgehead atoms. The number of nitrogens with two attached hydrogens (primary N) is 2. The molecule has 26 heavy (non-hydrogen) atoms. The van der Waals surface area contributed by atoms with Gasteiger partial charge in [0.15, 0.2) is 6.04 Å². The number of primary amides is 1. The second-order valence-corrected chi connectivity index (χ2v) is 7.06. The van der Waals surface area contributed by atoms with Crippen LogP contribution in [0, 0.1) is 5.92 Å². The molecule has 0 saturated carbocycles. The highest BCUT2D eigenvalue weighted by Crippen LogP contribution is 2.17. The largest absolute Gasteiger partial charge is 0.366 e. The van der Waals surface area contributed by atoms with E-state index in [0.29, 0.717) is 17.2 Å². The minimum absolute atomic E-state index is 0.0680. The minimum atomic E-state index is -0.482. The zero-order valence-electron chi connectivity index (χ0n) is 15.6. The number of benzene rings is 2. The van der Waals surface area contributed by atoms with Crippen molar-refractivity contribution in [2.45, 2.75) is 39.3 Å². The Morgan fingerprint density at radius 2 is 1.62 bits per heavy atom. The Balaban J connectivity index is 2.02. The number of rotatable bonds is 8. The normalized spacial score (nSPS) is 13.2. The van der Waals surface area contributed by atoms with E-state index in [0.717, 1.165) is 6.42 Å². The fraction of sp³-hybridized carbons (Fsp3) is 0.333. The Kier molecular flexibility index (Phi) is 6.92. The molecule has 2 aromatic carbocycles. The van der Waals surface area contributed by atoms with Gasteiger partial charge in [-0.05, 0) is 37.1 Å². The summed E-state index contributed by atoms with van der Waals surface area (Å²) in [5.41, 5.74) is 7.53. The fourth-order valence-electron chi connectivity index (χ4n) is 2.94. The van der Waals surface area contributed by atoms with Gasteiger partial charge in [-0.25, -0.2) is 0 Å². The number of hydrogen-bond acceptors (Lipinski definition) is 2. The van der Waals surface area contributed by atoms with Gasteiger partial charge in [-0.3, -0.25) is 9.59 Å². The highest BCUT2D eigenvalue weighted by molar-refractivity contribution is 5.95. The molecule has 0 fully saturated rings. The Bertz CT molecular complexity index is 727. The molecule has 5 nitrogen and oxygen atoms in total. The van der Waals surface area contributed by atoms with Crippen molar-refractivity contribution < 1.29 is 14.9 Å². The average molecular weight is 354 g/mol. The number of nitrogens with one attached hydrogen (secondary N) is 1. The standard InChI is InChI=1S/C21H27N3O2/c1-14(2)13-19(16-7-5-4-6-8-16)23-15(3)21(26)24-18-11-9-17(10-12-18)20(22)25/h4-12,14-15,19,23H,13H2,1-3H3,(H2,22,25)(H,24,26)/p+1/t15-,19-/m1/s1. The van der Waals surface area contributed by atoms with Crippen LogP contribution in [0.5, 0.6) is 0 Å². The van der Waals surface area contributed by atoms with E-state index < -0.39 is 5.91 Å². The minimum Gasteiger partial charge on any atom is -0.366 e. The maximum Gasteiger partial charge on any atom is 0.282 e. The summed E-state index contributed by atoms with van der Waals surface area (Å²) in [6.07, 6.45) is 0.995. The third-order valence-corrected chi connectivity index (χ3v) is 4.32. The predicted molar refractivity (Wildman–Crippen MR) is 104 cm³/mol. The summed E-state index contributed by atoms with van der Waals surface area (Å²) in [5.74, 6) is -0.0152. The number of quaternary nitrogens is 1. The molecule has 5 heteroatoms. The van der Waals surface area contributed by atoms with Gasteiger partial charge in [0, 0.05) is 23.2 Å². The zero-order valence-corrected chi connectivity index (χ0v) is 15.6. The summed E-state index contributed by atoms with van der Waals surface area (Å²) in [6.45, 7) is 6.28. The van der Waals surface area contributed by atoms with Crippen LogP contribution >= 0.6 is 0 Å². The highest BCUT2D eigenvalue weighted by atomic mass is 16.2. The molecule has 5 N–H and O–H groups in total. The number of hydrogen-bond donors (Lipinski definition) is 3. The van der Waals surface area contributed by atoms with Crippen molar-refractivity contribution >= 4 is 17.5 Å². The Hall–Kier alpha value is -2.66. The van der Waals surface area contributed by atoms with Crippen LogP contribution in [0.4, 0.5) is 5.69 Å². The van der Waals surface area contributed by atoms with Crippen LogP contribution in [0.3, 0.4) is 0 Å². The van der Waals surface area contributed by atoms with Crippen LogP contribution < -0.4 is 16.4 Å². The third-order valence-electron chi connectivity index (χ3n) is 4.32. The smallest absolute Gasteiger partial charge is 0.282 e. The number of amides is 2. The Morgan fingerprint density at radius 1 is 1.00 bits per heavy atom. The molecule has 0 heterocycles. The second kappa shape index (κ2) is 9.15. The van der Waals surface area contributed by atoms with E-state index in [1.165, 1.54) is 5.56 Å². The van der Waals surface area contributed by atoms with Gasteiger partial charge in [0.1, 0.15) is 6.04 Å². The second-order valence-electron chi connectivity index (χ2n) is 7.06. The van der Waals surface area contributed by atoms with Crippen molar-refractivity contribution in [1.29, 1.82) is 0 Å². The van der Waals surface area contributed by atoms with Gasteiger partial charge in [-0.15, -0.1) is 0 Å². The molecule has 0 spiro atoms. The molecule has 0 aliphatic heterocycles. The van der Waals surface area contributed by atoms with E-state index in [2.05, 4.69) is 36.6 Å². The van der Waals surface area contributed by atoms with Crippen LogP contribution in [0.25, 0.3) is 0 Å². The summed E-state index contributed by atoms with van der Waals surface area (Å²) in [6, 6.07) is 16.9. The van der Waals surface area contributed by atoms with Gasteiger partial charge in [-0.2, -0.15) is 0 Å². The highest BCUT2D eigenvalue weighted by Gasteiger charge is 2.24. The van der Waals surface area contributed by atoms with E-state index in [1.54, 1.807) is 24.3 Å². The van der Waals surface area contributed by atoms with E-state index in [9.17, 15) is 9.59 Å². The first kappa shape index (κ1) is 19.7. The van der Waals surface area contributed by atoms with Gasteiger partial charge in [-0.1, -0.05) is 44.2 Å². The molecule has 0 aliphatic carbocycles. The van der Waals surface area contributed by atoms with Crippen molar-refractivity contribution in [1.82, 2.24) is 0 Å². The van der Waals surface area contributed by atoms with Gasteiger partial charge >= 0.3 is 0 Å². The molecule has 0 saturated heterocycles. The topological polar surface area (TPSA) is 88.8 Å². The molecular weight excluding hydrogens is 326 g/mol. The maximum absolute atomic E-state index is 12.5. The van der Waals surface area contributed by atoms with Crippen LogP contribution in [-0.2, 0) is 4.79 Å². The van der Waals surface area contributed by atoms with E-state index in [1.807, 2.05) is 25.1 Å². The molecular formula is C21H28N3O2+. The molecule has 2 aromatic rings. The van der Waals surface area contributed by atoms with Crippen molar-refractivity contribution in [3.05, 3.63) is 65.7 Å². The van der Waals surface area contributed by atoms with Crippen LogP contribution in [0.1, 0.15) is 49.2 Å². The van der Waals surface area contributed by atoms with Gasteiger partial charge in [0.25, 0.3) is 5.91 Å². The molecule has 0 unspecified atom stereocenters. The van der Waals surface area contributed by atoms with Crippen molar-refractivity contribution in [2.24, 2.45) is 11.7 Å². The summed E-state index contributed by atoms with van der Waals surface area (Å²) in [7, 11) is 0. The Morgan fingerprint density at radius 3 is 2.15 bits per heavy atom. The lowest BCUT2D eigenvalue weighted by Gasteiger charge is -2.21. The van der Waals surface area contributed by atoms with Crippen molar-refractivity contribution in [3.8, 4) is 0 Å². The monoisotopic (exact) mass is 354 g/mol. The van der Waals surface area contributed by atoms with Crippen LogP contribution in [0.2, 0.25) is 0 Å². The summed E-state index contributed by atoms with van der Waals surface area (Å²) >= 11 is 0. The number of carbonyl (C=O) groups excluding carboxylic acids is 2. The lowest BCUT2D eigenvalue weighted by molar-refractivity contribution is -0.714. The maximum atomic E-state index is 12.5. The lowest BCUT2D eigenvalue weighted by Crippen LogP contribution is -2.92. The third kappa shape index (κ3) is 5.70. The first-order chi connectivity index (χ1) is 12.4. The molecule has 0 radical (unpaired) electrons. The van der Waals surface area contributed by atoms with E-state index >= 15 is 0 Å². The quantitative estimate of drug-likeness (QED) is 0.680. The van der Waals surface area contributed by atoms with Crippen LogP contribution in [0.15, 0.2) is 54.6 Å². The van der Waals surface area contributed by atoms with Gasteiger partial charge in [0.2, 0.25) is 5.91 Å². The average Bonchev–Trinajstić information content (AvgIpc) is 2.62. The molecule has 0 aliphatic rings. The summed E-state index contributed by atoms with van der Waals surface area (Å²) < 4.78 is 0. The molecule has 0 aromatic heterocycles. The predicted octanol–water partition coefficient (Wildman–Crippen LogP) is 2.46. The zero-order chi connectivity index (χ0) is 19.1. The number of anilines is 1. The first-order valence-electron chi connectivity index (χ1n) is 8.97. The lowest BCUT2D eigenvalue weighted by atomic mass is 9.96. The van der Waals surface area contributed by atoms with E-state index in [-0.39, 0.29) is 18.0 Å². The fourth-order valence-corrected chi connectivity index (χ4v) is 2.94. The van der Waals surface area contributed by atoms with Crippen molar-refractivity contribution in [2.75, 3.05) is 5.32 Å². The van der Waals surface area contributed by atoms with E-state index in [4.69, 9.17) is 5.73 Å². The molecule has 138 valence electrons. The number of carbonyl (C=O) groups is 2. The van der Waals surface area contributed by atoms with Crippen molar-refractivity contribution in [3.63, 3.8) is 0 Å². The Labute approximate surface area is 155 Å². The molecule has 2 rings (SSSR count). The van der Waals surface area contributed by atoms with Crippen LogP contribution in [-0.4, -0.2) is 17.9 Å². The SMILES string of the molecule is CC(C)C[C@@H]([NH2+][C@H](C)C(=O)Nc1ccc(C(N)=O)cc1)c1ccccc1. The van der Waals surface area contributed by atoms with Gasteiger partial charge < -0.3 is 16.4 Å². The summed E-state index contributed by atoms with van der Waals surface area (Å²) in [4.78, 5) is 23.7. The first-order valence-corrected chi connectivity index (χ1v) is 8.97. The molecule has 2 atom stereocenters. The molecule has 2 amide bonds. The summed E-state index contributed by atoms with van der Waals surface area (Å²) in [5, 5.41) is 5.01.